The lowest BCUT2D eigenvalue weighted by Crippen LogP contribution is -2.40. The predicted molar refractivity (Wildman–Crippen MR) is 130 cm³/mol. The summed E-state index contributed by atoms with van der Waals surface area (Å²) in [6, 6.07) is 16.5. The molecule has 4 nitrogen and oxygen atoms in total. The Morgan fingerprint density at radius 2 is 1.73 bits per heavy atom. The van der Waals surface area contributed by atoms with Crippen LogP contribution in [0.4, 0.5) is 11.4 Å². The van der Waals surface area contributed by atoms with Gasteiger partial charge in [0, 0.05) is 22.5 Å². The summed E-state index contributed by atoms with van der Waals surface area (Å²) < 4.78 is 1.02. The Kier molecular flexibility index (Phi) is 5.69. The van der Waals surface area contributed by atoms with Crippen molar-refractivity contribution in [3.63, 3.8) is 0 Å². The fourth-order valence-corrected chi connectivity index (χ4v) is 6.85. The van der Waals surface area contributed by atoms with Gasteiger partial charge in [-0.1, -0.05) is 59.1 Å². The molecule has 3 aliphatic rings. The Hall–Kier alpha value is -1.70. The molecule has 2 aromatic rings. The second-order valence-corrected chi connectivity index (χ2v) is 10.6. The molecule has 1 aliphatic carbocycles. The van der Waals surface area contributed by atoms with E-state index >= 15 is 0 Å². The van der Waals surface area contributed by atoms with Crippen LogP contribution in [0.3, 0.4) is 0 Å². The lowest BCUT2D eigenvalue weighted by Gasteiger charge is -2.30. The second-order valence-electron chi connectivity index (χ2n) is 7.70. The van der Waals surface area contributed by atoms with Gasteiger partial charge in [0.1, 0.15) is 4.91 Å². The summed E-state index contributed by atoms with van der Waals surface area (Å²) >= 11 is 6.69. The minimum Gasteiger partial charge on any atom is -0.337 e. The van der Waals surface area contributed by atoms with Crippen molar-refractivity contribution in [2.75, 3.05) is 11.9 Å². The van der Waals surface area contributed by atoms with Crippen LogP contribution in [-0.4, -0.2) is 29.1 Å². The highest BCUT2D eigenvalue weighted by Crippen LogP contribution is 2.50. The zero-order valence-electron chi connectivity index (χ0n) is 16.7. The van der Waals surface area contributed by atoms with Gasteiger partial charge in [0.25, 0.3) is 5.91 Å². The van der Waals surface area contributed by atoms with E-state index in [1.54, 1.807) is 11.8 Å². The molecule has 0 aromatic heterocycles. The lowest BCUT2D eigenvalue weighted by atomic mass is 9.94. The Labute approximate surface area is 193 Å². The van der Waals surface area contributed by atoms with Crippen LogP contribution in [0.5, 0.6) is 0 Å². The fraction of sp³-hybridized carbons (Fsp3) is 0.304. The maximum atomic E-state index is 13.7. The van der Waals surface area contributed by atoms with E-state index in [1.807, 2.05) is 48.3 Å². The van der Waals surface area contributed by atoms with Crippen LogP contribution in [0.1, 0.15) is 32.1 Å². The number of nitrogens with zero attached hydrogens (tertiary/aromatic N) is 3. The third-order valence-electron chi connectivity index (χ3n) is 5.74. The average Bonchev–Trinajstić information content (AvgIpc) is 3.27. The van der Waals surface area contributed by atoms with Crippen molar-refractivity contribution in [2.24, 2.45) is 4.99 Å². The monoisotopic (exact) mass is 499 g/mol. The summed E-state index contributed by atoms with van der Waals surface area (Å²) in [5.41, 5.74) is 2.03. The van der Waals surface area contributed by atoms with Gasteiger partial charge in [0.05, 0.1) is 16.4 Å². The molecule has 1 saturated heterocycles. The standard InChI is InChI=1S/C23H22BrN3OS2/c1-26-18-9-5-6-10-19(18)29-22(26)20-21(28)27(17-7-3-2-4-8-17)23(30-20)25-16-13-11-15(24)12-14-16/h5-6,9-14,17H,2-4,7-8H2,1H3. The Morgan fingerprint density at radius 1 is 1.00 bits per heavy atom. The van der Waals surface area contributed by atoms with Gasteiger partial charge < -0.3 is 4.90 Å². The lowest BCUT2D eigenvalue weighted by molar-refractivity contribution is -0.124. The van der Waals surface area contributed by atoms with Crippen molar-refractivity contribution in [1.82, 2.24) is 4.90 Å². The number of halogens is 1. The molecule has 0 spiro atoms. The fourth-order valence-electron chi connectivity index (χ4n) is 4.18. The van der Waals surface area contributed by atoms with Crippen LogP contribution in [0.25, 0.3) is 0 Å². The van der Waals surface area contributed by atoms with E-state index in [4.69, 9.17) is 4.99 Å². The molecule has 0 N–H and O–H groups in total. The largest absolute Gasteiger partial charge is 0.337 e. The van der Waals surface area contributed by atoms with Gasteiger partial charge in [-0.05, 0) is 61.0 Å². The zero-order valence-corrected chi connectivity index (χ0v) is 19.9. The van der Waals surface area contributed by atoms with E-state index < -0.39 is 0 Å². The number of rotatable bonds is 2. The first-order valence-corrected chi connectivity index (χ1v) is 12.6. The van der Waals surface area contributed by atoms with Crippen molar-refractivity contribution in [3.8, 4) is 0 Å². The first-order valence-electron chi connectivity index (χ1n) is 10.2. The van der Waals surface area contributed by atoms with Crippen molar-refractivity contribution >= 4 is 61.9 Å². The molecule has 154 valence electrons. The minimum absolute atomic E-state index is 0.102. The van der Waals surface area contributed by atoms with Crippen LogP contribution >= 0.6 is 39.5 Å². The molecule has 2 fully saturated rings. The van der Waals surface area contributed by atoms with Crippen molar-refractivity contribution in [2.45, 2.75) is 43.0 Å². The number of para-hydroxylation sites is 1. The van der Waals surface area contributed by atoms with Crippen LogP contribution in [0.2, 0.25) is 0 Å². The molecule has 0 atom stereocenters. The number of carbonyl (C=O) groups is 1. The molecule has 2 aliphatic heterocycles. The molecule has 0 unspecified atom stereocenters. The van der Waals surface area contributed by atoms with E-state index in [9.17, 15) is 4.79 Å². The van der Waals surface area contributed by atoms with Gasteiger partial charge in [-0.25, -0.2) is 4.99 Å². The van der Waals surface area contributed by atoms with E-state index in [0.29, 0.717) is 0 Å². The molecular formula is C23H22BrN3OS2. The smallest absolute Gasteiger partial charge is 0.269 e. The zero-order chi connectivity index (χ0) is 20.7. The van der Waals surface area contributed by atoms with Gasteiger partial charge in [-0.2, -0.15) is 0 Å². The summed E-state index contributed by atoms with van der Waals surface area (Å²) in [7, 11) is 2.05. The molecular weight excluding hydrogens is 478 g/mol. The third-order valence-corrected chi connectivity index (χ3v) is 8.67. The summed E-state index contributed by atoms with van der Waals surface area (Å²) in [5.74, 6) is 0.102. The molecule has 1 saturated carbocycles. The maximum absolute atomic E-state index is 13.7. The number of benzene rings is 2. The number of amidine groups is 1. The number of amides is 1. The van der Waals surface area contributed by atoms with Gasteiger partial charge >= 0.3 is 0 Å². The Balaban J connectivity index is 1.55. The quantitative estimate of drug-likeness (QED) is 0.427. The number of hydrogen-bond acceptors (Lipinski definition) is 5. The first-order chi connectivity index (χ1) is 14.6. The van der Waals surface area contributed by atoms with Crippen molar-refractivity contribution < 1.29 is 4.79 Å². The number of fused-ring (bicyclic) bond motifs is 1. The molecule has 5 rings (SSSR count). The Morgan fingerprint density at radius 3 is 2.47 bits per heavy atom. The molecule has 0 radical (unpaired) electrons. The highest BCUT2D eigenvalue weighted by atomic mass is 79.9. The topological polar surface area (TPSA) is 35.9 Å². The minimum atomic E-state index is 0.102. The van der Waals surface area contributed by atoms with E-state index in [2.05, 4.69) is 33.0 Å². The van der Waals surface area contributed by atoms with E-state index in [0.717, 1.165) is 43.8 Å². The number of hydrogen-bond donors (Lipinski definition) is 0. The van der Waals surface area contributed by atoms with Crippen molar-refractivity contribution in [1.29, 1.82) is 0 Å². The number of thioether (sulfide) groups is 2. The maximum Gasteiger partial charge on any atom is 0.269 e. The molecule has 30 heavy (non-hydrogen) atoms. The molecule has 1 amide bonds. The van der Waals surface area contributed by atoms with Crippen LogP contribution in [-0.2, 0) is 4.79 Å². The van der Waals surface area contributed by atoms with Crippen LogP contribution in [0, 0.1) is 0 Å². The molecule has 0 bridgehead atoms. The normalized spacial score (nSPS) is 23.5. The van der Waals surface area contributed by atoms with Gasteiger partial charge in [0.15, 0.2) is 5.17 Å². The third kappa shape index (κ3) is 3.72. The first kappa shape index (κ1) is 20.2. The number of carbonyl (C=O) groups excluding carboxylic acids is 1. The summed E-state index contributed by atoms with van der Waals surface area (Å²) in [5, 5.41) is 1.81. The highest BCUT2D eigenvalue weighted by Gasteiger charge is 2.42. The van der Waals surface area contributed by atoms with E-state index in [-0.39, 0.29) is 11.9 Å². The van der Waals surface area contributed by atoms with Gasteiger partial charge in [0.2, 0.25) is 0 Å². The summed E-state index contributed by atoms with van der Waals surface area (Å²) in [6.07, 6.45) is 5.72. The van der Waals surface area contributed by atoms with Crippen molar-refractivity contribution in [3.05, 3.63) is 62.9 Å². The Bertz CT molecular complexity index is 1040. The van der Waals surface area contributed by atoms with Crippen LogP contribution < -0.4 is 4.90 Å². The summed E-state index contributed by atoms with van der Waals surface area (Å²) in [6.45, 7) is 0. The predicted octanol–water partition coefficient (Wildman–Crippen LogP) is 6.76. The molecule has 7 heteroatoms. The van der Waals surface area contributed by atoms with Gasteiger partial charge in [-0.3, -0.25) is 9.69 Å². The van der Waals surface area contributed by atoms with Crippen LogP contribution in [0.15, 0.2) is 72.8 Å². The van der Waals surface area contributed by atoms with E-state index in [1.165, 1.54) is 35.9 Å². The number of aliphatic imine (C=N–C) groups is 1. The van der Waals surface area contributed by atoms with Gasteiger partial charge in [-0.15, -0.1) is 0 Å². The molecule has 2 aromatic carbocycles. The highest BCUT2D eigenvalue weighted by molar-refractivity contribution is 9.10. The summed E-state index contributed by atoms with van der Waals surface area (Å²) in [4.78, 5) is 24.7. The molecule has 2 heterocycles. The number of anilines is 1. The SMILES string of the molecule is CN1C(=C2SC(=Nc3ccc(Br)cc3)N(C3CCCCC3)C2=O)Sc2ccccc21. The second kappa shape index (κ2) is 8.44. The average molecular weight is 500 g/mol.